The Hall–Kier alpha value is -3.80. The lowest BCUT2D eigenvalue weighted by Crippen LogP contribution is -2.38. The lowest BCUT2D eigenvalue weighted by atomic mass is 10.1. The van der Waals surface area contributed by atoms with Crippen molar-refractivity contribution in [3.63, 3.8) is 0 Å². The minimum absolute atomic E-state index is 0.0966. The van der Waals surface area contributed by atoms with E-state index in [1.807, 2.05) is 79.7 Å². The SMILES string of the molecule is Cc1cccc(NC(=O)NCC(=O)NCc2ccc(COc3ccccc3)cc2)c1. The number of amides is 3. The van der Waals surface area contributed by atoms with Crippen LogP contribution in [0.3, 0.4) is 0 Å². The van der Waals surface area contributed by atoms with Crippen LogP contribution in [0, 0.1) is 6.92 Å². The second-order valence-electron chi connectivity index (χ2n) is 6.87. The molecule has 6 heteroatoms. The van der Waals surface area contributed by atoms with Gasteiger partial charge in [-0.2, -0.15) is 0 Å². The van der Waals surface area contributed by atoms with Gasteiger partial charge in [0.15, 0.2) is 0 Å². The van der Waals surface area contributed by atoms with Gasteiger partial charge in [-0.1, -0.05) is 54.6 Å². The monoisotopic (exact) mass is 403 g/mol. The molecule has 0 aromatic heterocycles. The Morgan fingerprint density at radius 2 is 1.57 bits per heavy atom. The molecule has 154 valence electrons. The van der Waals surface area contributed by atoms with E-state index in [-0.39, 0.29) is 12.5 Å². The number of ether oxygens (including phenoxy) is 1. The fraction of sp³-hybridized carbons (Fsp3) is 0.167. The lowest BCUT2D eigenvalue weighted by Gasteiger charge is -2.10. The van der Waals surface area contributed by atoms with Crippen molar-refractivity contribution in [2.45, 2.75) is 20.1 Å². The molecule has 0 aliphatic carbocycles. The van der Waals surface area contributed by atoms with E-state index in [9.17, 15) is 9.59 Å². The summed E-state index contributed by atoms with van der Waals surface area (Å²) in [6, 6.07) is 24.5. The van der Waals surface area contributed by atoms with Crippen LogP contribution in [0.25, 0.3) is 0 Å². The maximum atomic E-state index is 12.0. The molecule has 0 unspecified atom stereocenters. The molecule has 0 spiro atoms. The quantitative estimate of drug-likeness (QED) is 0.532. The number of nitrogens with one attached hydrogen (secondary N) is 3. The lowest BCUT2D eigenvalue weighted by molar-refractivity contribution is -0.120. The first-order chi connectivity index (χ1) is 14.6. The van der Waals surface area contributed by atoms with Gasteiger partial charge in [-0.15, -0.1) is 0 Å². The van der Waals surface area contributed by atoms with Gasteiger partial charge in [0, 0.05) is 12.2 Å². The van der Waals surface area contributed by atoms with Gasteiger partial charge in [0.1, 0.15) is 12.4 Å². The average molecular weight is 403 g/mol. The predicted molar refractivity (Wildman–Crippen MR) is 117 cm³/mol. The molecule has 0 atom stereocenters. The number of anilines is 1. The molecule has 30 heavy (non-hydrogen) atoms. The number of rotatable bonds is 8. The van der Waals surface area contributed by atoms with Crippen LogP contribution in [-0.2, 0) is 17.9 Å². The maximum absolute atomic E-state index is 12.0. The Bertz CT molecular complexity index is 973. The van der Waals surface area contributed by atoms with Crippen molar-refractivity contribution < 1.29 is 14.3 Å². The minimum Gasteiger partial charge on any atom is -0.489 e. The standard InChI is InChI=1S/C24H25N3O3/c1-18-6-5-7-21(14-18)27-24(29)26-16-23(28)25-15-19-10-12-20(13-11-19)17-30-22-8-3-2-4-9-22/h2-14H,15-17H2,1H3,(H,25,28)(H2,26,27,29). The summed E-state index contributed by atoms with van der Waals surface area (Å²) < 4.78 is 5.72. The van der Waals surface area contributed by atoms with Crippen molar-refractivity contribution >= 4 is 17.6 Å². The van der Waals surface area contributed by atoms with Crippen LogP contribution in [0.15, 0.2) is 78.9 Å². The summed E-state index contributed by atoms with van der Waals surface area (Å²) in [5.74, 6) is 0.568. The predicted octanol–water partition coefficient (Wildman–Crippen LogP) is 4.01. The number of aryl methyl sites for hydroxylation is 1. The van der Waals surface area contributed by atoms with E-state index in [2.05, 4.69) is 16.0 Å². The summed E-state index contributed by atoms with van der Waals surface area (Å²) in [6.07, 6.45) is 0. The number of hydrogen-bond donors (Lipinski definition) is 3. The van der Waals surface area contributed by atoms with E-state index >= 15 is 0 Å². The van der Waals surface area contributed by atoms with E-state index in [1.165, 1.54) is 0 Å². The summed E-state index contributed by atoms with van der Waals surface area (Å²) in [6.45, 7) is 2.72. The number of carbonyl (C=O) groups is 2. The zero-order valence-corrected chi connectivity index (χ0v) is 16.9. The molecule has 3 aromatic carbocycles. The van der Waals surface area contributed by atoms with Gasteiger partial charge in [0.2, 0.25) is 5.91 Å². The normalized spacial score (nSPS) is 10.2. The molecular weight excluding hydrogens is 378 g/mol. The van der Waals surface area contributed by atoms with Crippen molar-refractivity contribution in [1.29, 1.82) is 0 Å². The average Bonchev–Trinajstić information content (AvgIpc) is 2.76. The second-order valence-corrected chi connectivity index (χ2v) is 6.87. The van der Waals surface area contributed by atoms with Crippen molar-refractivity contribution in [1.82, 2.24) is 10.6 Å². The summed E-state index contributed by atoms with van der Waals surface area (Å²) in [5.41, 5.74) is 3.74. The third kappa shape index (κ3) is 6.98. The Morgan fingerprint density at radius 3 is 2.30 bits per heavy atom. The molecule has 3 amide bonds. The van der Waals surface area contributed by atoms with Crippen LogP contribution in [0.1, 0.15) is 16.7 Å². The van der Waals surface area contributed by atoms with Crippen molar-refractivity contribution in [2.24, 2.45) is 0 Å². The fourth-order valence-corrected chi connectivity index (χ4v) is 2.76. The number of urea groups is 1. The molecule has 0 aliphatic rings. The number of carbonyl (C=O) groups excluding carboxylic acids is 2. The Morgan fingerprint density at radius 1 is 0.833 bits per heavy atom. The molecule has 0 radical (unpaired) electrons. The zero-order chi connectivity index (χ0) is 21.2. The van der Waals surface area contributed by atoms with E-state index in [0.29, 0.717) is 18.8 Å². The molecule has 0 heterocycles. The number of para-hydroxylation sites is 1. The Kier molecular flexibility index (Phi) is 7.44. The second kappa shape index (κ2) is 10.7. The number of benzene rings is 3. The molecule has 0 aliphatic heterocycles. The highest BCUT2D eigenvalue weighted by Crippen LogP contribution is 2.12. The molecule has 0 saturated heterocycles. The highest BCUT2D eigenvalue weighted by molar-refractivity contribution is 5.92. The van der Waals surface area contributed by atoms with Crippen LogP contribution < -0.4 is 20.7 Å². The molecule has 6 nitrogen and oxygen atoms in total. The third-order valence-electron chi connectivity index (χ3n) is 4.35. The first kappa shape index (κ1) is 20.9. The van der Waals surface area contributed by atoms with Crippen molar-refractivity contribution in [2.75, 3.05) is 11.9 Å². The molecule has 3 rings (SSSR count). The van der Waals surface area contributed by atoms with Crippen LogP contribution in [0.4, 0.5) is 10.5 Å². The highest BCUT2D eigenvalue weighted by atomic mass is 16.5. The van der Waals surface area contributed by atoms with Crippen LogP contribution in [0.5, 0.6) is 5.75 Å². The first-order valence-corrected chi connectivity index (χ1v) is 9.72. The Balaban J connectivity index is 1.36. The highest BCUT2D eigenvalue weighted by Gasteiger charge is 2.06. The van der Waals surface area contributed by atoms with E-state index in [1.54, 1.807) is 6.07 Å². The smallest absolute Gasteiger partial charge is 0.319 e. The van der Waals surface area contributed by atoms with Crippen LogP contribution in [-0.4, -0.2) is 18.5 Å². The van der Waals surface area contributed by atoms with E-state index < -0.39 is 6.03 Å². The van der Waals surface area contributed by atoms with Gasteiger partial charge in [-0.05, 0) is 47.9 Å². The summed E-state index contributed by atoms with van der Waals surface area (Å²) in [7, 11) is 0. The molecule has 0 saturated carbocycles. The third-order valence-corrected chi connectivity index (χ3v) is 4.35. The number of hydrogen-bond acceptors (Lipinski definition) is 3. The van der Waals surface area contributed by atoms with Gasteiger partial charge < -0.3 is 20.7 Å². The summed E-state index contributed by atoms with van der Waals surface area (Å²) in [5, 5.41) is 8.04. The van der Waals surface area contributed by atoms with Gasteiger partial charge >= 0.3 is 6.03 Å². The largest absolute Gasteiger partial charge is 0.489 e. The van der Waals surface area contributed by atoms with E-state index in [0.717, 1.165) is 22.4 Å². The van der Waals surface area contributed by atoms with Crippen molar-refractivity contribution in [3.05, 3.63) is 95.6 Å². The minimum atomic E-state index is -0.418. The van der Waals surface area contributed by atoms with Gasteiger partial charge in [-0.25, -0.2) is 4.79 Å². The first-order valence-electron chi connectivity index (χ1n) is 9.72. The van der Waals surface area contributed by atoms with Crippen LogP contribution in [0.2, 0.25) is 0 Å². The summed E-state index contributed by atoms with van der Waals surface area (Å²) in [4.78, 5) is 23.9. The fourth-order valence-electron chi connectivity index (χ4n) is 2.76. The maximum Gasteiger partial charge on any atom is 0.319 e. The van der Waals surface area contributed by atoms with Crippen LogP contribution >= 0.6 is 0 Å². The zero-order valence-electron chi connectivity index (χ0n) is 16.9. The van der Waals surface area contributed by atoms with Gasteiger partial charge in [0.25, 0.3) is 0 Å². The van der Waals surface area contributed by atoms with Gasteiger partial charge in [-0.3, -0.25) is 4.79 Å². The molecule has 3 N–H and O–H groups in total. The Labute approximate surface area is 176 Å². The topological polar surface area (TPSA) is 79.5 Å². The molecule has 0 bridgehead atoms. The molecular formula is C24H25N3O3. The molecule has 0 fully saturated rings. The van der Waals surface area contributed by atoms with Crippen molar-refractivity contribution in [3.8, 4) is 5.75 Å². The molecule has 3 aromatic rings. The summed E-state index contributed by atoms with van der Waals surface area (Å²) >= 11 is 0. The van der Waals surface area contributed by atoms with Gasteiger partial charge in [0.05, 0.1) is 6.54 Å². The van der Waals surface area contributed by atoms with E-state index in [4.69, 9.17) is 4.74 Å².